The predicted octanol–water partition coefficient (Wildman–Crippen LogP) is 3.75. The molecule has 0 aliphatic carbocycles. The maximum Gasteiger partial charge on any atom is 0.234 e. The number of amides is 2. The van der Waals surface area contributed by atoms with Crippen molar-refractivity contribution in [2.45, 2.75) is 39.2 Å². The second-order valence-corrected chi connectivity index (χ2v) is 9.74. The molecule has 1 aromatic rings. The number of anilines is 1. The molecule has 1 saturated heterocycles. The van der Waals surface area contributed by atoms with Crippen LogP contribution in [0, 0.1) is 5.92 Å². The normalized spacial score (nSPS) is 18.1. The average Bonchev–Trinajstić information content (AvgIpc) is 2.60. The lowest BCUT2D eigenvalue weighted by molar-refractivity contribution is -0.119. The monoisotopic (exact) mass is 455 g/mol. The Balaban J connectivity index is 1.66. The predicted molar refractivity (Wildman–Crippen MR) is 117 cm³/mol. The molecule has 0 bridgehead atoms. The summed E-state index contributed by atoms with van der Waals surface area (Å²) in [6.45, 7) is 9.47. The minimum atomic E-state index is -0.103. The van der Waals surface area contributed by atoms with Gasteiger partial charge in [0.15, 0.2) is 0 Å². The molecule has 0 spiro atoms. The summed E-state index contributed by atoms with van der Waals surface area (Å²) >= 11 is 4.71. The van der Waals surface area contributed by atoms with Crippen LogP contribution in [-0.4, -0.2) is 53.4 Å². The van der Waals surface area contributed by atoms with E-state index in [1.54, 1.807) is 0 Å². The molecule has 0 saturated carbocycles. The van der Waals surface area contributed by atoms with Crippen molar-refractivity contribution in [2.75, 3.05) is 36.5 Å². The smallest absolute Gasteiger partial charge is 0.234 e. The molecule has 150 valence electrons. The Bertz CT molecular complexity index is 654. The fourth-order valence-corrected chi connectivity index (χ4v) is 4.26. The minimum absolute atomic E-state index is 0.0200. The van der Waals surface area contributed by atoms with Gasteiger partial charge in [-0.3, -0.25) is 14.5 Å². The molecule has 2 N–H and O–H groups in total. The molecule has 7 heteroatoms. The van der Waals surface area contributed by atoms with Crippen LogP contribution in [-0.2, 0) is 9.59 Å². The number of rotatable bonds is 8. The van der Waals surface area contributed by atoms with E-state index in [9.17, 15) is 9.59 Å². The van der Waals surface area contributed by atoms with Gasteiger partial charge in [-0.1, -0.05) is 28.9 Å². The molecule has 0 aromatic heterocycles. The maximum absolute atomic E-state index is 12.1. The zero-order valence-electron chi connectivity index (χ0n) is 16.4. The van der Waals surface area contributed by atoms with Crippen LogP contribution >= 0.6 is 27.7 Å². The second kappa shape index (κ2) is 10.5. The fourth-order valence-electron chi connectivity index (χ4n) is 3.22. The number of carbonyl (C=O) groups excluding carboxylic acids is 2. The number of halogens is 1. The third-order valence-electron chi connectivity index (χ3n) is 4.81. The Morgan fingerprint density at radius 1 is 1.30 bits per heavy atom. The van der Waals surface area contributed by atoms with E-state index in [0.717, 1.165) is 23.2 Å². The van der Waals surface area contributed by atoms with Crippen molar-refractivity contribution in [1.29, 1.82) is 0 Å². The van der Waals surface area contributed by atoms with E-state index in [1.165, 1.54) is 24.6 Å². The molecule has 2 rings (SSSR count). The third-order valence-corrected chi connectivity index (χ3v) is 6.23. The molecule has 1 heterocycles. The van der Waals surface area contributed by atoms with Gasteiger partial charge < -0.3 is 10.6 Å². The first-order valence-corrected chi connectivity index (χ1v) is 11.4. The highest BCUT2D eigenvalue weighted by Crippen LogP contribution is 2.23. The number of piperidine rings is 1. The van der Waals surface area contributed by atoms with Crippen LogP contribution < -0.4 is 10.6 Å². The molecule has 5 nitrogen and oxygen atoms in total. The summed E-state index contributed by atoms with van der Waals surface area (Å²) in [7, 11) is 0. The minimum Gasteiger partial charge on any atom is -0.354 e. The van der Waals surface area contributed by atoms with Crippen molar-refractivity contribution in [3.8, 4) is 0 Å². The van der Waals surface area contributed by atoms with E-state index >= 15 is 0 Å². The van der Waals surface area contributed by atoms with E-state index in [1.807, 2.05) is 24.3 Å². The van der Waals surface area contributed by atoms with Gasteiger partial charge >= 0.3 is 0 Å². The highest BCUT2D eigenvalue weighted by molar-refractivity contribution is 9.10. The summed E-state index contributed by atoms with van der Waals surface area (Å²) in [4.78, 5) is 26.6. The molecule has 1 atom stereocenters. The highest BCUT2D eigenvalue weighted by atomic mass is 79.9. The summed E-state index contributed by atoms with van der Waals surface area (Å²) in [6.07, 6.45) is 2.51. The van der Waals surface area contributed by atoms with Gasteiger partial charge in [0.05, 0.1) is 11.5 Å². The van der Waals surface area contributed by atoms with Gasteiger partial charge in [0.2, 0.25) is 11.8 Å². The molecule has 1 fully saturated rings. The van der Waals surface area contributed by atoms with Crippen LogP contribution in [0.1, 0.15) is 33.6 Å². The molecule has 1 unspecified atom stereocenters. The number of carbonyl (C=O) groups is 2. The fraction of sp³-hybridized carbons (Fsp3) is 0.600. The van der Waals surface area contributed by atoms with Crippen LogP contribution in [0.5, 0.6) is 0 Å². The topological polar surface area (TPSA) is 61.4 Å². The number of thioether (sulfide) groups is 1. The summed E-state index contributed by atoms with van der Waals surface area (Å²) in [5, 5.41) is 5.86. The second-order valence-electron chi connectivity index (χ2n) is 7.83. The zero-order chi connectivity index (χ0) is 19.9. The number of likely N-dealkylation sites (tertiary alicyclic amines) is 1. The molecular weight excluding hydrogens is 426 g/mol. The standard InChI is InChI=1S/C20H30BrN3O2S/c1-15-6-5-9-24(11-15)20(2,3)14-22-18(25)12-27-13-19(26)23-17-8-4-7-16(21)10-17/h4,7-8,10,15H,5-6,9,11-14H2,1-3H3,(H,22,25)(H,23,26). The quantitative estimate of drug-likeness (QED) is 0.626. The Hall–Kier alpha value is -1.05. The zero-order valence-corrected chi connectivity index (χ0v) is 18.8. The number of benzene rings is 1. The Morgan fingerprint density at radius 3 is 2.74 bits per heavy atom. The molecule has 27 heavy (non-hydrogen) atoms. The molecule has 1 aliphatic rings. The van der Waals surface area contributed by atoms with Crippen molar-refractivity contribution >= 4 is 45.2 Å². The number of nitrogens with zero attached hydrogens (tertiary/aromatic N) is 1. The summed E-state index contributed by atoms with van der Waals surface area (Å²) in [5.41, 5.74) is 0.699. The van der Waals surface area contributed by atoms with E-state index in [-0.39, 0.29) is 23.1 Å². The van der Waals surface area contributed by atoms with Gasteiger partial charge in [0, 0.05) is 28.8 Å². The largest absolute Gasteiger partial charge is 0.354 e. The third kappa shape index (κ3) is 7.84. The summed E-state index contributed by atoms with van der Waals surface area (Å²) in [5.74, 6) is 1.14. The number of hydrogen-bond acceptors (Lipinski definition) is 4. The lowest BCUT2D eigenvalue weighted by Crippen LogP contribution is -2.54. The van der Waals surface area contributed by atoms with Gasteiger partial charge in [-0.25, -0.2) is 0 Å². The van der Waals surface area contributed by atoms with Crippen molar-refractivity contribution in [1.82, 2.24) is 10.2 Å². The lowest BCUT2D eigenvalue weighted by Gasteiger charge is -2.43. The highest BCUT2D eigenvalue weighted by Gasteiger charge is 2.30. The van der Waals surface area contributed by atoms with Gasteiger partial charge in [-0.2, -0.15) is 0 Å². The lowest BCUT2D eigenvalue weighted by atomic mass is 9.93. The van der Waals surface area contributed by atoms with E-state index in [2.05, 4.69) is 52.2 Å². The molecular formula is C20H30BrN3O2S. The van der Waals surface area contributed by atoms with Gasteiger partial charge in [0.25, 0.3) is 0 Å². The maximum atomic E-state index is 12.1. The molecule has 1 aromatic carbocycles. The number of hydrogen-bond donors (Lipinski definition) is 2. The first-order valence-electron chi connectivity index (χ1n) is 9.41. The Morgan fingerprint density at radius 2 is 2.04 bits per heavy atom. The molecule has 0 radical (unpaired) electrons. The first kappa shape index (κ1) is 22.2. The van der Waals surface area contributed by atoms with Crippen LogP contribution in [0.2, 0.25) is 0 Å². The van der Waals surface area contributed by atoms with Crippen molar-refractivity contribution < 1.29 is 9.59 Å². The van der Waals surface area contributed by atoms with Gasteiger partial charge in [-0.05, 0) is 57.4 Å². The number of nitrogens with one attached hydrogen (secondary N) is 2. The Labute approximate surface area is 175 Å². The van der Waals surface area contributed by atoms with E-state index in [0.29, 0.717) is 18.2 Å². The van der Waals surface area contributed by atoms with E-state index < -0.39 is 0 Å². The summed E-state index contributed by atoms with van der Waals surface area (Å²) < 4.78 is 0.915. The van der Waals surface area contributed by atoms with Crippen LogP contribution in [0.15, 0.2) is 28.7 Å². The van der Waals surface area contributed by atoms with Crippen LogP contribution in [0.4, 0.5) is 5.69 Å². The first-order chi connectivity index (χ1) is 12.8. The Kier molecular flexibility index (Phi) is 8.63. The molecule has 1 aliphatic heterocycles. The van der Waals surface area contributed by atoms with Gasteiger partial charge in [0.1, 0.15) is 0 Å². The molecule has 2 amide bonds. The van der Waals surface area contributed by atoms with Crippen molar-refractivity contribution in [3.05, 3.63) is 28.7 Å². The van der Waals surface area contributed by atoms with Crippen LogP contribution in [0.25, 0.3) is 0 Å². The summed E-state index contributed by atoms with van der Waals surface area (Å²) in [6, 6.07) is 7.45. The van der Waals surface area contributed by atoms with Crippen molar-refractivity contribution in [3.63, 3.8) is 0 Å². The SMILES string of the molecule is CC1CCCN(C(C)(C)CNC(=O)CSCC(=O)Nc2cccc(Br)c2)C1. The van der Waals surface area contributed by atoms with E-state index in [4.69, 9.17) is 0 Å². The van der Waals surface area contributed by atoms with Gasteiger partial charge in [-0.15, -0.1) is 11.8 Å². The van der Waals surface area contributed by atoms with Crippen molar-refractivity contribution in [2.24, 2.45) is 5.92 Å². The average molecular weight is 456 g/mol. The van der Waals surface area contributed by atoms with Crippen LogP contribution in [0.3, 0.4) is 0 Å².